The van der Waals surface area contributed by atoms with Gasteiger partial charge in [-0.2, -0.15) is 0 Å². The molecule has 0 aromatic heterocycles. The summed E-state index contributed by atoms with van der Waals surface area (Å²) in [5.74, 6) is 1.13. The average Bonchev–Trinajstić information content (AvgIpc) is 2.37. The second-order valence-corrected chi connectivity index (χ2v) is 3.28. The lowest BCUT2D eigenvalue weighted by molar-refractivity contribution is 0.131. The zero-order valence-corrected chi connectivity index (χ0v) is 10.4. The zero-order valence-electron chi connectivity index (χ0n) is 10.4. The van der Waals surface area contributed by atoms with E-state index in [1.807, 2.05) is 6.92 Å². The van der Waals surface area contributed by atoms with Crippen LogP contribution in [0.15, 0.2) is 18.2 Å². The maximum Gasteiger partial charge on any atom is 0.411 e. The van der Waals surface area contributed by atoms with Crippen LogP contribution in [0.1, 0.15) is 6.92 Å². The van der Waals surface area contributed by atoms with Crippen LogP contribution in [0, 0.1) is 0 Å². The van der Waals surface area contributed by atoms with Gasteiger partial charge in [-0.15, -0.1) is 0 Å². The number of carbonyl (C=O) groups is 1. The Labute approximate surface area is 105 Å². The van der Waals surface area contributed by atoms with E-state index in [0.717, 1.165) is 0 Å². The second-order valence-electron chi connectivity index (χ2n) is 3.28. The smallest absolute Gasteiger partial charge is 0.411 e. The van der Waals surface area contributed by atoms with Gasteiger partial charge in [0.25, 0.3) is 0 Å². The van der Waals surface area contributed by atoms with Crippen LogP contribution in [0.25, 0.3) is 0 Å². The molecule has 0 saturated heterocycles. The first-order chi connectivity index (χ1) is 8.71. The second kappa shape index (κ2) is 7.39. The first-order valence-electron chi connectivity index (χ1n) is 5.56. The number of aliphatic hydroxyl groups is 1. The van der Waals surface area contributed by atoms with E-state index in [4.69, 9.17) is 14.6 Å². The first-order valence-corrected chi connectivity index (χ1v) is 5.56. The SMILES string of the molecule is CCOc1cc(NC(=O)OCCO)ccc1OC. The van der Waals surface area contributed by atoms with Gasteiger partial charge in [0, 0.05) is 11.8 Å². The van der Waals surface area contributed by atoms with Crippen LogP contribution in [0.2, 0.25) is 0 Å². The van der Waals surface area contributed by atoms with E-state index in [9.17, 15) is 4.79 Å². The highest BCUT2D eigenvalue weighted by atomic mass is 16.6. The molecule has 2 N–H and O–H groups in total. The number of hydrogen-bond donors (Lipinski definition) is 2. The lowest BCUT2D eigenvalue weighted by Gasteiger charge is -2.11. The highest BCUT2D eigenvalue weighted by Gasteiger charge is 2.08. The molecule has 0 aliphatic rings. The number of amides is 1. The zero-order chi connectivity index (χ0) is 13.4. The molecule has 0 atom stereocenters. The molecule has 0 radical (unpaired) electrons. The Morgan fingerprint density at radius 2 is 2.17 bits per heavy atom. The number of aliphatic hydroxyl groups excluding tert-OH is 1. The minimum atomic E-state index is -0.628. The summed E-state index contributed by atoms with van der Waals surface area (Å²) in [5, 5.41) is 11.0. The van der Waals surface area contributed by atoms with Crippen LogP contribution in [-0.2, 0) is 4.74 Å². The summed E-state index contributed by atoms with van der Waals surface area (Å²) in [6, 6.07) is 5.00. The highest BCUT2D eigenvalue weighted by molar-refractivity contribution is 5.85. The number of methoxy groups -OCH3 is 1. The molecule has 0 bridgehead atoms. The number of ether oxygens (including phenoxy) is 3. The average molecular weight is 255 g/mol. The predicted octanol–water partition coefficient (Wildman–Crippen LogP) is 1.63. The standard InChI is InChI=1S/C12H17NO5/c1-3-17-11-8-9(4-5-10(11)16-2)13-12(15)18-7-6-14/h4-5,8,14H,3,6-7H2,1-2H3,(H,13,15). The molecule has 1 rings (SSSR count). The van der Waals surface area contributed by atoms with E-state index in [1.54, 1.807) is 25.3 Å². The van der Waals surface area contributed by atoms with Gasteiger partial charge in [0.15, 0.2) is 11.5 Å². The van der Waals surface area contributed by atoms with Crippen molar-refractivity contribution in [2.75, 3.05) is 32.2 Å². The van der Waals surface area contributed by atoms with E-state index in [1.165, 1.54) is 0 Å². The molecule has 0 unspecified atom stereocenters. The maximum atomic E-state index is 11.3. The van der Waals surface area contributed by atoms with E-state index >= 15 is 0 Å². The Bertz CT molecular complexity index is 394. The van der Waals surface area contributed by atoms with Crippen molar-refractivity contribution in [1.29, 1.82) is 0 Å². The number of hydrogen-bond acceptors (Lipinski definition) is 5. The molecule has 1 aromatic rings. The van der Waals surface area contributed by atoms with Crippen molar-refractivity contribution >= 4 is 11.8 Å². The monoisotopic (exact) mass is 255 g/mol. The Morgan fingerprint density at radius 3 is 2.78 bits per heavy atom. The van der Waals surface area contributed by atoms with Gasteiger partial charge < -0.3 is 19.3 Å². The lowest BCUT2D eigenvalue weighted by atomic mass is 10.3. The fourth-order valence-corrected chi connectivity index (χ4v) is 1.32. The Balaban J connectivity index is 2.71. The summed E-state index contributed by atoms with van der Waals surface area (Å²) < 4.78 is 15.2. The molecule has 100 valence electrons. The Hall–Kier alpha value is -1.95. The number of rotatable bonds is 6. The predicted molar refractivity (Wildman–Crippen MR) is 66.2 cm³/mol. The Morgan fingerprint density at radius 1 is 1.39 bits per heavy atom. The lowest BCUT2D eigenvalue weighted by Crippen LogP contribution is -2.15. The van der Waals surface area contributed by atoms with Crippen LogP contribution in [0.4, 0.5) is 10.5 Å². The number of nitrogens with one attached hydrogen (secondary N) is 1. The van der Waals surface area contributed by atoms with Gasteiger partial charge in [-0.05, 0) is 19.1 Å². The van der Waals surface area contributed by atoms with Crippen LogP contribution >= 0.6 is 0 Å². The molecular formula is C12H17NO5. The maximum absolute atomic E-state index is 11.3. The third kappa shape index (κ3) is 4.14. The van der Waals surface area contributed by atoms with Crippen molar-refractivity contribution in [3.8, 4) is 11.5 Å². The number of benzene rings is 1. The summed E-state index contributed by atoms with van der Waals surface area (Å²) in [5.41, 5.74) is 0.530. The molecule has 0 saturated carbocycles. The first kappa shape index (κ1) is 14.1. The van der Waals surface area contributed by atoms with Gasteiger partial charge >= 0.3 is 6.09 Å². The molecule has 18 heavy (non-hydrogen) atoms. The molecule has 0 spiro atoms. The van der Waals surface area contributed by atoms with Crippen molar-refractivity contribution in [2.24, 2.45) is 0 Å². The summed E-state index contributed by atoms with van der Waals surface area (Å²) in [7, 11) is 1.54. The summed E-state index contributed by atoms with van der Waals surface area (Å²) in [6.45, 7) is 2.10. The van der Waals surface area contributed by atoms with E-state index < -0.39 is 6.09 Å². The van der Waals surface area contributed by atoms with Gasteiger partial charge in [-0.1, -0.05) is 0 Å². The van der Waals surface area contributed by atoms with Gasteiger partial charge in [-0.3, -0.25) is 5.32 Å². The molecule has 0 fully saturated rings. The van der Waals surface area contributed by atoms with Gasteiger partial charge in [-0.25, -0.2) is 4.79 Å². The minimum Gasteiger partial charge on any atom is -0.493 e. The minimum absolute atomic E-state index is 0.0414. The van der Waals surface area contributed by atoms with Gasteiger partial charge in [0.05, 0.1) is 20.3 Å². The van der Waals surface area contributed by atoms with Crippen LogP contribution in [0.5, 0.6) is 11.5 Å². The Kier molecular flexibility index (Phi) is 5.79. The molecule has 1 aromatic carbocycles. The number of anilines is 1. The molecule has 0 heterocycles. The third-order valence-electron chi connectivity index (χ3n) is 2.03. The molecule has 0 aliphatic heterocycles. The van der Waals surface area contributed by atoms with Crippen LogP contribution < -0.4 is 14.8 Å². The molecule has 6 nitrogen and oxygen atoms in total. The van der Waals surface area contributed by atoms with Gasteiger partial charge in [0.2, 0.25) is 0 Å². The summed E-state index contributed by atoms with van der Waals surface area (Å²) in [6.07, 6.45) is -0.628. The molecule has 1 amide bonds. The number of carbonyl (C=O) groups excluding carboxylic acids is 1. The molecule has 6 heteroatoms. The van der Waals surface area contributed by atoms with E-state index in [2.05, 4.69) is 10.1 Å². The summed E-state index contributed by atoms with van der Waals surface area (Å²) >= 11 is 0. The van der Waals surface area contributed by atoms with Crippen molar-refractivity contribution in [3.63, 3.8) is 0 Å². The van der Waals surface area contributed by atoms with Crippen molar-refractivity contribution in [3.05, 3.63) is 18.2 Å². The largest absolute Gasteiger partial charge is 0.493 e. The fourth-order valence-electron chi connectivity index (χ4n) is 1.32. The molecular weight excluding hydrogens is 238 g/mol. The van der Waals surface area contributed by atoms with Crippen LogP contribution in [-0.4, -0.2) is 38.1 Å². The van der Waals surface area contributed by atoms with Crippen molar-refractivity contribution < 1.29 is 24.1 Å². The van der Waals surface area contributed by atoms with Crippen LogP contribution in [0.3, 0.4) is 0 Å². The quantitative estimate of drug-likeness (QED) is 0.808. The van der Waals surface area contributed by atoms with Gasteiger partial charge in [0.1, 0.15) is 6.61 Å². The molecule has 0 aliphatic carbocycles. The summed E-state index contributed by atoms with van der Waals surface area (Å²) in [4.78, 5) is 11.3. The third-order valence-corrected chi connectivity index (χ3v) is 2.03. The fraction of sp³-hybridized carbons (Fsp3) is 0.417. The topological polar surface area (TPSA) is 77.0 Å². The highest BCUT2D eigenvalue weighted by Crippen LogP contribution is 2.30. The van der Waals surface area contributed by atoms with E-state index in [0.29, 0.717) is 23.8 Å². The van der Waals surface area contributed by atoms with Crippen molar-refractivity contribution in [1.82, 2.24) is 0 Å². The van der Waals surface area contributed by atoms with E-state index in [-0.39, 0.29) is 13.2 Å². The normalized spacial score (nSPS) is 9.72. The van der Waals surface area contributed by atoms with Crippen molar-refractivity contribution in [2.45, 2.75) is 6.92 Å².